The largest absolute Gasteiger partial charge is 0.391 e. The Morgan fingerprint density at radius 2 is 2.13 bits per heavy atom. The molecule has 1 N–H and O–H groups in total. The first kappa shape index (κ1) is 10.4. The van der Waals surface area contributed by atoms with Gasteiger partial charge < -0.3 is 10.0 Å². The Morgan fingerprint density at radius 1 is 1.40 bits per heavy atom. The molecule has 82 valence electrons. The van der Waals surface area contributed by atoms with Crippen molar-refractivity contribution in [1.29, 1.82) is 0 Å². The molecule has 0 saturated carbocycles. The molecule has 1 aliphatic rings. The van der Waals surface area contributed by atoms with Gasteiger partial charge in [0.1, 0.15) is 0 Å². The third-order valence-electron chi connectivity index (χ3n) is 3.10. The highest BCUT2D eigenvalue weighted by molar-refractivity contribution is 5.46. The van der Waals surface area contributed by atoms with Crippen molar-refractivity contribution in [3.63, 3.8) is 0 Å². The van der Waals surface area contributed by atoms with Crippen molar-refractivity contribution < 1.29 is 5.11 Å². The zero-order valence-electron chi connectivity index (χ0n) is 9.13. The summed E-state index contributed by atoms with van der Waals surface area (Å²) in [6.07, 6.45) is 6.87. The van der Waals surface area contributed by atoms with Crippen LogP contribution in [-0.2, 0) is 0 Å². The maximum atomic E-state index is 9.75. The van der Waals surface area contributed by atoms with Crippen LogP contribution in [0.1, 0.15) is 26.2 Å². The van der Waals surface area contributed by atoms with Gasteiger partial charge in [0, 0.05) is 24.6 Å². The normalized spacial score (nSPS) is 23.9. The minimum Gasteiger partial charge on any atom is -0.391 e. The second-order valence-corrected chi connectivity index (χ2v) is 4.20. The van der Waals surface area contributed by atoms with E-state index in [1.54, 1.807) is 0 Å². The summed E-state index contributed by atoms with van der Waals surface area (Å²) in [5.41, 5.74) is 1.18. The van der Waals surface area contributed by atoms with Gasteiger partial charge in [-0.2, -0.15) is 0 Å². The Hall–Kier alpha value is -1.09. The standard InChI is InChI=1S/C12H18N2O/c1-10(15)12-4-2-3-9-14(12)11-5-7-13-8-6-11/h5-8,10,12,15H,2-4,9H2,1H3. The summed E-state index contributed by atoms with van der Waals surface area (Å²) < 4.78 is 0. The molecule has 1 saturated heterocycles. The molecule has 1 fully saturated rings. The highest BCUT2D eigenvalue weighted by Crippen LogP contribution is 2.25. The number of anilines is 1. The first-order valence-electron chi connectivity index (χ1n) is 5.64. The van der Waals surface area contributed by atoms with Crippen molar-refractivity contribution in [2.75, 3.05) is 11.4 Å². The van der Waals surface area contributed by atoms with Crippen LogP contribution in [0.3, 0.4) is 0 Å². The molecule has 0 spiro atoms. The predicted octanol–water partition coefficient (Wildman–Crippen LogP) is 1.82. The zero-order chi connectivity index (χ0) is 10.7. The second-order valence-electron chi connectivity index (χ2n) is 4.20. The first-order chi connectivity index (χ1) is 7.29. The summed E-state index contributed by atoms with van der Waals surface area (Å²) in [5.74, 6) is 0. The molecule has 0 amide bonds. The lowest BCUT2D eigenvalue weighted by Gasteiger charge is -2.39. The molecule has 3 heteroatoms. The van der Waals surface area contributed by atoms with Gasteiger partial charge >= 0.3 is 0 Å². The molecular formula is C12H18N2O. The molecule has 1 aromatic heterocycles. The molecule has 15 heavy (non-hydrogen) atoms. The van der Waals surface area contributed by atoms with E-state index in [1.165, 1.54) is 18.5 Å². The molecule has 0 aliphatic carbocycles. The van der Waals surface area contributed by atoms with Crippen LogP contribution in [0, 0.1) is 0 Å². The lowest BCUT2D eigenvalue weighted by Crippen LogP contribution is -2.45. The van der Waals surface area contributed by atoms with Crippen LogP contribution < -0.4 is 4.90 Å². The van der Waals surface area contributed by atoms with Crippen LogP contribution in [0.5, 0.6) is 0 Å². The van der Waals surface area contributed by atoms with Crippen LogP contribution in [-0.4, -0.2) is 28.8 Å². The molecule has 2 atom stereocenters. The molecule has 0 radical (unpaired) electrons. The smallest absolute Gasteiger partial charge is 0.0715 e. The number of aromatic nitrogens is 1. The summed E-state index contributed by atoms with van der Waals surface area (Å²) in [4.78, 5) is 6.32. The van der Waals surface area contributed by atoms with Gasteiger partial charge in [-0.05, 0) is 38.3 Å². The van der Waals surface area contributed by atoms with Crippen LogP contribution in [0.15, 0.2) is 24.5 Å². The average molecular weight is 206 g/mol. The van der Waals surface area contributed by atoms with Crippen LogP contribution in [0.2, 0.25) is 0 Å². The number of hydrogen-bond acceptors (Lipinski definition) is 3. The van der Waals surface area contributed by atoms with Crippen LogP contribution >= 0.6 is 0 Å². The van der Waals surface area contributed by atoms with E-state index in [1.807, 2.05) is 31.5 Å². The van der Waals surface area contributed by atoms with Gasteiger partial charge in [-0.25, -0.2) is 0 Å². The Bertz CT molecular complexity index is 300. The number of aliphatic hydroxyl groups excluding tert-OH is 1. The summed E-state index contributed by atoms with van der Waals surface area (Å²) in [5, 5.41) is 9.75. The maximum Gasteiger partial charge on any atom is 0.0715 e. The Labute approximate surface area is 90.8 Å². The number of pyridine rings is 1. The van der Waals surface area contributed by atoms with Crippen molar-refractivity contribution in [3.05, 3.63) is 24.5 Å². The summed E-state index contributed by atoms with van der Waals surface area (Å²) >= 11 is 0. The molecule has 0 bridgehead atoms. The Kier molecular flexibility index (Phi) is 3.21. The maximum absolute atomic E-state index is 9.75. The van der Waals surface area contributed by atoms with Crippen molar-refractivity contribution >= 4 is 5.69 Å². The topological polar surface area (TPSA) is 36.4 Å². The molecule has 2 unspecified atom stereocenters. The van der Waals surface area contributed by atoms with Gasteiger partial charge in [-0.3, -0.25) is 4.98 Å². The van der Waals surface area contributed by atoms with E-state index in [2.05, 4.69) is 9.88 Å². The van der Waals surface area contributed by atoms with Gasteiger partial charge in [0.15, 0.2) is 0 Å². The van der Waals surface area contributed by atoms with Gasteiger partial charge in [0.2, 0.25) is 0 Å². The lowest BCUT2D eigenvalue weighted by molar-refractivity contribution is 0.145. The fourth-order valence-electron chi connectivity index (χ4n) is 2.31. The fraction of sp³-hybridized carbons (Fsp3) is 0.583. The third kappa shape index (κ3) is 2.29. The molecule has 2 rings (SSSR count). The molecule has 2 heterocycles. The highest BCUT2D eigenvalue weighted by Gasteiger charge is 2.26. The van der Waals surface area contributed by atoms with Gasteiger partial charge in [-0.1, -0.05) is 0 Å². The predicted molar refractivity (Wildman–Crippen MR) is 60.9 cm³/mol. The molecule has 0 aromatic carbocycles. The van der Waals surface area contributed by atoms with Crippen molar-refractivity contribution in [3.8, 4) is 0 Å². The zero-order valence-corrected chi connectivity index (χ0v) is 9.13. The first-order valence-corrected chi connectivity index (χ1v) is 5.64. The van der Waals surface area contributed by atoms with E-state index in [0.29, 0.717) is 0 Å². The number of rotatable bonds is 2. The van der Waals surface area contributed by atoms with Gasteiger partial charge in [0.25, 0.3) is 0 Å². The molecule has 1 aromatic rings. The minimum atomic E-state index is -0.265. The summed E-state index contributed by atoms with van der Waals surface area (Å²) in [6, 6.07) is 4.29. The molecule has 1 aliphatic heterocycles. The van der Waals surface area contributed by atoms with E-state index in [-0.39, 0.29) is 12.1 Å². The van der Waals surface area contributed by atoms with Crippen molar-refractivity contribution in [2.45, 2.75) is 38.3 Å². The van der Waals surface area contributed by atoms with Crippen LogP contribution in [0.4, 0.5) is 5.69 Å². The van der Waals surface area contributed by atoms with E-state index in [4.69, 9.17) is 0 Å². The third-order valence-corrected chi connectivity index (χ3v) is 3.10. The van der Waals surface area contributed by atoms with Gasteiger partial charge in [-0.15, -0.1) is 0 Å². The van der Waals surface area contributed by atoms with E-state index < -0.39 is 0 Å². The average Bonchev–Trinajstić information content (AvgIpc) is 2.30. The van der Waals surface area contributed by atoms with E-state index >= 15 is 0 Å². The van der Waals surface area contributed by atoms with Gasteiger partial charge in [0.05, 0.1) is 12.1 Å². The van der Waals surface area contributed by atoms with Crippen molar-refractivity contribution in [1.82, 2.24) is 4.98 Å². The van der Waals surface area contributed by atoms with E-state index in [0.717, 1.165) is 13.0 Å². The highest BCUT2D eigenvalue weighted by atomic mass is 16.3. The fourth-order valence-corrected chi connectivity index (χ4v) is 2.31. The monoisotopic (exact) mass is 206 g/mol. The van der Waals surface area contributed by atoms with E-state index in [9.17, 15) is 5.11 Å². The number of aliphatic hydroxyl groups is 1. The number of nitrogens with zero attached hydrogens (tertiary/aromatic N) is 2. The minimum absolute atomic E-state index is 0.265. The SMILES string of the molecule is CC(O)C1CCCCN1c1ccncc1. The molecular weight excluding hydrogens is 188 g/mol. The quantitative estimate of drug-likeness (QED) is 0.802. The number of hydrogen-bond donors (Lipinski definition) is 1. The van der Waals surface area contributed by atoms with Crippen molar-refractivity contribution in [2.24, 2.45) is 0 Å². The second kappa shape index (κ2) is 4.62. The summed E-state index contributed by atoms with van der Waals surface area (Å²) in [7, 11) is 0. The Morgan fingerprint density at radius 3 is 2.80 bits per heavy atom. The summed E-state index contributed by atoms with van der Waals surface area (Å²) in [6.45, 7) is 2.92. The lowest BCUT2D eigenvalue weighted by atomic mass is 9.97. The Balaban J connectivity index is 2.18. The van der Waals surface area contributed by atoms with Crippen LogP contribution in [0.25, 0.3) is 0 Å². The molecule has 3 nitrogen and oxygen atoms in total. The number of piperidine rings is 1.